The Bertz CT molecular complexity index is 7400. The van der Waals surface area contributed by atoms with Crippen LogP contribution in [0.15, 0.2) is 316 Å². The van der Waals surface area contributed by atoms with Crippen molar-refractivity contribution in [3.63, 3.8) is 0 Å². The molecule has 0 saturated carbocycles. The van der Waals surface area contributed by atoms with E-state index in [4.69, 9.17) is 115 Å². The maximum Gasteiger partial charge on any atom is 0.257 e. The molecule has 0 atom stereocenters. The number of nitrogens with one attached hydrogen (secondary N) is 7. The second kappa shape index (κ2) is 51.8. The number of aromatic nitrogens is 9. The van der Waals surface area contributed by atoms with Crippen molar-refractivity contribution in [1.82, 2.24) is 70.5 Å². The molecule has 0 unspecified atom stereocenters. The van der Waals surface area contributed by atoms with Gasteiger partial charge in [-0.3, -0.25) is 68.1 Å². The number of halogens is 9. The molecule has 8 heterocycles. The fourth-order valence-corrected chi connectivity index (χ4v) is 16.9. The van der Waals surface area contributed by atoms with Gasteiger partial charge in [0.2, 0.25) is 5.91 Å². The quantitative estimate of drug-likeness (QED) is 0.0287. The van der Waals surface area contributed by atoms with E-state index >= 15 is 0 Å². The van der Waals surface area contributed by atoms with Crippen molar-refractivity contribution in [3.8, 4) is 62.0 Å². The highest BCUT2D eigenvalue weighted by Crippen LogP contribution is 2.37. The number of amides is 9. The number of anilines is 5. The van der Waals surface area contributed by atoms with E-state index in [0.717, 1.165) is 49.7 Å². The standard InChI is InChI=1S/C25H24Cl2N4O2.C23H20Cl2N4O2.C21H17Cl2N3O3.C19H13Cl2N3O2.C19H13ClN6O/c1-2-30-11-13-31(14-12-30)25(33)17-6-8-19(22(27)15-17)24(32)29-18-7-9-21(26)20(16-18)23-5-3-4-10-28-23;24-19-7-5-16(14-18(19)21-3-1-2-8-27-21)28-22(30)17-6-4-15(13-20(17)25)23(31)29-11-9-26-10-12-29;22-17-7-5-14(12-16(17)19-3-1-2-8-24-19)26-21(29)15-6-4-13(11-18(15)23)20(28)25-9-10-27;20-15-7-5-12(10-14(15)17-3-1-2-8-23-17)24-19(26)13-6-4-11(18(22)25)9-16(13)21;20-17-9-6-14(11-16(17)18-3-1-2-10-21-18)23-19(27)13-4-7-15(8-5-13)26-12-22-24-25-26/h3-10,15-16H,2,11-14H2,1H3,(H,29,32);1-8,13-14,26H,9-12H2,(H,28,30);1-8,11-12,27H,9-10H2,(H,25,28)(H,26,29);1-10H,(H2,22,25)(H,24,26);1-12H,(H,23,27). The van der Waals surface area contributed by atoms with Gasteiger partial charge in [-0.15, -0.1) is 5.10 Å². The first-order chi connectivity index (χ1) is 70.6. The molecular weight excluding hydrogens is 2040 g/mol. The Labute approximate surface area is 882 Å². The van der Waals surface area contributed by atoms with Gasteiger partial charge in [0, 0.05) is 174 Å². The average molecular weight is 2130 g/mol. The Hall–Kier alpha value is -15.3. The number of likely N-dealkylation sites (N-methyl/N-ethyl adjacent to an activating group) is 1. The van der Waals surface area contributed by atoms with Crippen molar-refractivity contribution in [3.05, 3.63) is 412 Å². The first kappa shape index (κ1) is 107. The van der Waals surface area contributed by atoms with Crippen molar-refractivity contribution < 1.29 is 48.3 Å². The number of piperazine rings is 2. The minimum atomic E-state index is -0.614. The predicted molar refractivity (Wildman–Crippen MR) is 573 cm³/mol. The summed E-state index contributed by atoms with van der Waals surface area (Å²) in [6.07, 6.45) is 9.88. The smallest absolute Gasteiger partial charge is 0.257 e. The molecule has 2 aliphatic heterocycles. The number of carbonyl (C=O) groups is 9. The highest BCUT2D eigenvalue weighted by molar-refractivity contribution is 6.38. The Kier molecular flexibility index (Phi) is 37.8. The molecule has 16 aromatic rings. The van der Waals surface area contributed by atoms with Crippen molar-refractivity contribution in [2.24, 2.45) is 5.73 Å². The molecule has 0 bridgehead atoms. The molecule has 738 valence electrons. The predicted octanol–water partition coefficient (Wildman–Crippen LogP) is 21.5. The van der Waals surface area contributed by atoms with Crippen LogP contribution >= 0.6 is 104 Å². The summed E-state index contributed by atoms with van der Waals surface area (Å²) in [5, 5.41) is 43.0. The summed E-state index contributed by atoms with van der Waals surface area (Å²) in [5.74, 6) is -2.97. The average Bonchev–Trinajstić information content (AvgIpc) is 0.841. The van der Waals surface area contributed by atoms with Crippen molar-refractivity contribution >= 4 is 186 Å². The van der Waals surface area contributed by atoms with E-state index in [-0.39, 0.29) is 90.9 Å². The molecule has 0 radical (unpaired) electrons. The van der Waals surface area contributed by atoms with E-state index in [1.807, 2.05) is 83.8 Å². The van der Waals surface area contributed by atoms with Gasteiger partial charge in [0.15, 0.2) is 0 Å². The highest BCUT2D eigenvalue weighted by Gasteiger charge is 2.27. The van der Waals surface area contributed by atoms with E-state index in [1.165, 1.54) is 47.4 Å². The van der Waals surface area contributed by atoms with E-state index < -0.39 is 17.7 Å². The van der Waals surface area contributed by atoms with Crippen LogP contribution in [0.5, 0.6) is 0 Å². The van der Waals surface area contributed by atoms with Crippen LogP contribution in [0.25, 0.3) is 62.0 Å². The van der Waals surface area contributed by atoms with Gasteiger partial charge >= 0.3 is 0 Å². The first-order valence-corrected chi connectivity index (χ1v) is 48.4. The number of hydrogen-bond acceptors (Lipinski definition) is 20. The maximum atomic E-state index is 12.9. The monoisotopic (exact) mass is 2130 g/mol. The third kappa shape index (κ3) is 28.7. The molecule has 2 aliphatic rings. The molecule has 30 nitrogen and oxygen atoms in total. The van der Waals surface area contributed by atoms with Gasteiger partial charge in [-0.05, 0) is 266 Å². The molecule has 146 heavy (non-hydrogen) atoms. The summed E-state index contributed by atoms with van der Waals surface area (Å²) in [5.41, 5.74) is 18.9. The number of benzene rings is 10. The van der Waals surface area contributed by atoms with Gasteiger partial charge in [0.05, 0.1) is 108 Å². The van der Waals surface area contributed by atoms with Crippen molar-refractivity contribution in [1.29, 1.82) is 0 Å². The van der Waals surface area contributed by atoms with Crippen LogP contribution in [0.4, 0.5) is 28.4 Å². The second-order valence-electron chi connectivity index (χ2n) is 32.0. The largest absolute Gasteiger partial charge is 0.395 e. The summed E-state index contributed by atoms with van der Waals surface area (Å²) in [6.45, 7) is 8.97. The molecule has 18 rings (SSSR count). The Morgan fingerprint density at radius 2 is 0.644 bits per heavy atom. The van der Waals surface area contributed by atoms with E-state index in [0.29, 0.717) is 153 Å². The van der Waals surface area contributed by atoms with Crippen LogP contribution in [-0.2, 0) is 0 Å². The van der Waals surface area contributed by atoms with Crippen LogP contribution in [0.1, 0.15) is 100 Å². The fraction of sp³-hybridized carbons (Fsp3) is 0.112. The van der Waals surface area contributed by atoms with Gasteiger partial charge in [-0.25, -0.2) is 4.68 Å². The number of primary amides is 1. The van der Waals surface area contributed by atoms with E-state index in [1.54, 1.807) is 200 Å². The number of hydrogen-bond donors (Lipinski definition) is 9. The minimum Gasteiger partial charge on any atom is -0.395 e. The van der Waals surface area contributed by atoms with Gasteiger partial charge < -0.3 is 62.8 Å². The molecule has 0 spiro atoms. The van der Waals surface area contributed by atoms with Crippen LogP contribution in [-0.4, -0.2) is 190 Å². The number of rotatable bonds is 23. The lowest BCUT2D eigenvalue weighted by molar-refractivity contribution is 0.0642. The fourth-order valence-electron chi connectivity index (χ4n) is 14.8. The molecule has 2 saturated heterocycles. The first-order valence-electron chi connectivity index (χ1n) is 45.0. The van der Waals surface area contributed by atoms with Gasteiger partial charge in [-0.1, -0.05) is 142 Å². The van der Waals surface area contributed by atoms with E-state index in [9.17, 15) is 43.2 Å². The summed E-state index contributed by atoms with van der Waals surface area (Å²) >= 11 is 56.5. The number of tetrazole rings is 1. The van der Waals surface area contributed by atoms with Crippen molar-refractivity contribution in [2.75, 3.05) is 98.6 Å². The summed E-state index contributed by atoms with van der Waals surface area (Å²) in [6, 6.07) is 78.6. The van der Waals surface area contributed by atoms with E-state index in [2.05, 4.69) is 89.5 Å². The minimum absolute atomic E-state index is 0.0719. The molecule has 39 heteroatoms. The zero-order chi connectivity index (χ0) is 103. The Balaban J connectivity index is 0.000000145. The molecule has 10 aromatic carbocycles. The highest BCUT2D eigenvalue weighted by atomic mass is 35.5. The van der Waals surface area contributed by atoms with Crippen LogP contribution in [0.2, 0.25) is 45.2 Å². The normalized spacial score (nSPS) is 12.0. The Morgan fingerprint density at radius 1 is 0.336 bits per heavy atom. The number of aliphatic hydroxyl groups excluding tert-OH is 1. The molecule has 2 fully saturated rings. The Morgan fingerprint density at radius 3 is 0.945 bits per heavy atom. The SMILES string of the molecule is CCN1CCN(C(=O)c2ccc(C(=O)Nc3ccc(Cl)c(-c4ccccn4)c3)c(Cl)c2)CC1.NC(=O)c1ccc(C(=O)Nc2ccc(Cl)c(-c3ccccn3)c2)c(Cl)c1.O=C(NCCO)c1ccc(C(=O)Nc2ccc(Cl)c(-c3ccccn3)c2)c(Cl)c1.O=C(Nc1ccc(Cl)c(-c2ccccn2)c1)c1ccc(-n2cnnn2)cc1.O=C(Nc1ccc(Cl)c(-c2ccccn2)c1)c1ccc(C(=O)N2CCNCC2)cc1Cl. The molecule has 6 aromatic heterocycles. The third-order valence-electron chi connectivity index (χ3n) is 22.4. The number of aliphatic hydroxyl groups is 1. The summed E-state index contributed by atoms with van der Waals surface area (Å²) in [7, 11) is 0. The third-order valence-corrected chi connectivity index (χ3v) is 25.3. The lowest BCUT2D eigenvalue weighted by Gasteiger charge is -2.34. The maximum absolute atomic E-state index is 12.9. The van der Waals surface area contributed by atoms with Crippen LogP contribution in [0.3, 0.4) is 0 Å². The number of carbonyl (C=O) groups excluding carboxylic acids is 9. The van der Waals surface area contributed by atoms with Crippen molar-refractivity contribution in [2.45, 2.75) is 6.92 Å². The van der Waals surface area contributed by atoms with Gasteiger partial charge in [0.25, 0.3) is 47.3 Å². The number of nitrogens with two attached hydrogens (primary N) is 1. The lowest BCUT2D eigenvalue weighted by atomic mass is 10.1. The number of pyridine rings is 5. The zero-order valence-electron chi connectivity index (χ0n) is 77.3. The van der Waals surface area contributed by atoms with Crippen LogP contribution in [0, 0.1) is 0 Å². The summed E-state index contributed by atoms with van der Waals surface area (Å²) < 4.78 is 1.51. The second-order valence-corrected chi connectivity index (χ2v) is 35.7. The van der Waals surface area contributed by atoms with Crippen LogP contribution < -0.4 is 43.0 Å². The molecule has 10 N–H and O–H groups in total. The zero-order valence-corrected chi connectivity index (χ0v) is 84.1. The lowest BCUT2D eigenvalue weighted by Crippen LogP contribution is -2.48. The molecule has 9 amide bonds. The molecular formula is C107H87Cl9N20O10. The number of nitrogens with zero attached hydrogens (tertiary/aromatic N) is 12. The molecule has 0 aliphatic carbocycles. The van der Waals surface area contributed by atoms with Gasteiger partial charge in [0.1, 0.15) is 6.33 Å². The summed E-state index contributed by atoms with van der Waals surface area (Å²) in [4.78, 5) is 139. The van der Waals surface area contributed by atoms with Gasteiger partial charge in [-0.2, -0.15) is 0 Å². The topological polar surface area (TPSA) is 402 Å².